The van der Waals surface area contributed by atoms with Crippen LogP contribution in [0.15, 0.2) is 157 Å². The fraction of sp³-hybridized carbons (Fsp3) is 0.449. The molecule has 106 heavy (non-hydrogen) atoms. The summed E-state index contributed by atoms with van der Waals surface area (Å²) in [5.41, 5.74) is 5.15. The summed E-state index contributed by atoms with van der Waals surface area (Å²) in [4.78, 5) is 158. The number of anilines is 1. The molecule has 2 saturated carbocycles. The Morgan fingerprint density at radius 1 is 0.689 bits per heavy atom. The van der Waals surface area contributed by atoms with Crippen LogP contribution >= 0.6 is 0 Å². The molecule has 0 spiro atoms. The number of unbranched alkanes of at least 4 members (excludes halogenated alkanes) is 1. The fourth-order valence-electron chi connectivity index (χ4n) is 14.5. The van der Waals surface area contributed by atoms with E-state index < -0.39 is 167 Å². The van der Waals surface area contributed by atoms with Gasteiger partial charge in [-0.25, -0.2) is 19.2 Å². The molecule has 1 saturated heterocycles. The first-order valence-electron chi connectivity index (χ1n) is 35.2. The highest BCUT2D eigenvalue weighted by atomic mass is 16.6. The van der Waals surface area contributed by atoms with Crippen LogP contribution in [0.1, 0.15) is 124 Å². The van der Waals surface area contributed by atoms with Gasteiger partial charge >= 0.3 is 36.1 Å². The molecule has 6 amide bonds. The van der Waals surface area contributed by atoms with Gasteiger partial charge in [0.2, 0.25) is 23.8 Å². The molecular formula is C78H94N8O20. The highest BCUT2D eigenvalue weighted by Gasteiger charge is 2.78. The first-order valence-corrected chi connectivity index (χ1v) is 35.2. The number of ketones is 1. The maximum absolute atomic E-state index is 16.0. The molecular weight excluding hydrogens is 1370 g/mol. The average molecular weight is 1460 g/mol. The van der Waals surface area contributed by atoms with E-state index in [1.165, 1.54) is 77.9 Å². The number of ether oxygens (including phenoxy) is 7. The van der Waals surface area contributed by atoms with Gasteiger partial charge in [-0.3, -0.25) is 33.6 Å². The Morgan fingerprint density at radius 3 is 1.85 bits per heavy atom. The van der Waals surface area contributed by atoms with E-state index in [4.69, 9.17) is 44.6 Å². The largest absolute Gasteiger partial charge is 0.455 e. The molecule has 28 nitrogen and oxygen atoms in total. The highest BCUT2D eigenvalue weighted by Crippen LogP contribution is 2.64. The second kappa shape index (κ2) is 34.2. The molecule has 0 radical (unpaired) electrons. The fourth-order valence-corrected chi connectivity index (χ4v) is 14.5. The number of hydrogen-bond acceptors (Lipinski definition) is 22. The Morgan fingerprint density at radius 2 is 1.27 bits per heavy atom. The molecule has 5 aromatic rings. The lowest BCUT2D eigenvalue weighted by atomic mass is 9.44. The monoisotopic (exact) mass is 1460 g/mol. The van der Waals surface area contributed by atoms with E-state index in [1.54, 1.807) is 103 Å². The van der Waals surface area contributed by atoms with Crippen LogP contribution < -0.4 is 32.7 Å². The summed E-state index contributed by atoms with van der Waals surface area (Å²) < 4.78 is 43.0. The maximum Gasteiger partial charge on any atom is 0.410 e. The summed E-state index contributed by atoms with van der Waals surface area (Å²) >= 11 is 0. The molecule has 566 valence electrons. The van der Waals surface area contributed by atoms with Gasteiger partial charge in [0, 0.05) is 77.0 Å². The number of Topliss-reactive ketones (excluding diaryl/α,β-unsaturated/α-hetero) is 1. The molecule has 9 rings (SSSR count). The summed E-state index contributed by atoms with van der Waals surface area (Å²) in [6.45, 7) is 8.87. The molecule has 2 bridgehead atoms. The molecule has 3 aliphatic carbocycles. The number of benzene rings is 5. The number of hydrogen-bond donors (Lipinski definition) is 8. The lowest BCUT2D eigenvalue weighted by Gasteiger charge is -2.67. The summed E-state index contributed by atoms with van der Waals surface area (Å²) in [6, 6.07) is 34.6. The third-order valence-corrected chi connectivity index (χ3v) is 20.6. The van der Waals surface area contributed by atoms with Crippen molar-refractivity contribution in [2.45, 2.75) is 166 Å². The van der Waals surface area contributed by atoms with Crippen molar-refractivity contribution in [1.29, 1.82) is 0 Å². The number of aliphatic hydroxyl groups excluding tert-OH is 1. The molecule has 10 N–H and O–H groups in total. The Hall–Kier alpha value is -10.4. The zero-order chi connectivity index (χ0) is 77.0. The van der Waals surface area contributed by atoms with Gasteiger partial charge in [0.15, 0.2) is 17.5 Å². The SMILES string of the molecule is CC(=O)O[C@H]1C(=O)[C@@]2(C)[C@H]([C@H](OC(=O)c3ccccc3)[C@]3(O)C[C@H](OC(=O)[C@H](OC(=O)N(C)CCN(C)C(=O)OCc4ccc(NC(=O)[C@H](CCCCN)NC(=O)[C@H](Cc5ccccc5)NC(=O)[C@@H](C)N)cc4)[C@@H](NC(=O)c4ccccc4)c4ccccc4)C(C)=C1C3(C)C)[C@]1(OC(C)=O)CO[C@@H]1C[C@@H]2O. The van der Waals surface area contributed by atoms with Gasteiger partial charge in [0.25, 0.3) is 5.91 Å². The van der Waals surface area contributed by atoms with E-state index in [0.717, 1.165) is 24.3 Å². The third kappa shape index (κ3) is 17.6. The number of likely N-dealkylation sites (N-methyl/N-ethyl adjacent to an activating group) is 2. The van der Waals surface area contributed by atoms with Gasteiger partial charge in [0.05, 0.1) is 35.6 Å². The molecule has 0 unspecified atom stereocenters. The van der Waals surface area contributed by atoms with Gasteiger partial charge in [-0.05, 0) is 111 Å². The summed E-state index contributed by atoms with van der Waals surface area (Å²) in [5, 5.41) is 37.7. The van der Waals surface area contributed by atoms with Crippen molar-refractivity contribution < 1.29 is 96.1 Å². The minimum absolute atomic E-state index is 0.00179. The number of nitrogens with one attached hydrogen (secondary N) is 4. The Kier molecular flexibility index (Phi) is 25.7. The average Bonchev–Trinajstić information content (AvgIpc) is 0.668. The van der Waals surface area contributed by atoms with Crippen LogP contribution in [0.2, 0.25) is 0 Å². The number of rotatable bonds is 28. The molecule has 0 aromatic heterocycles. The van der Waals surface area contributed by atoms with Crippen LogP contribution in [0.3, 0.4) is 0 Å². The zero-order valence-electron chi connectivity index (χ0n) is 60.8. The molecule has 1 aliphatic heterocycles. The minimum atomic E-state index is -2.56. The number of nitrogens with zero attached hydrogens (tertiary/aromatic N) is 2. The highest BCUT2D eigenvalue weighted by molar-refractivity contribution is 5.99. The smallest absolute Gasteiger partial charge is 0.410 e. The third-order valence-electron chi connectivity index (χ3n) is 20.6. The van der Waals surface area contributed by atoms with Gasteiger partial charge in [-0.2, -0.15) is 0 Å². The normalized spacial score (nSPS) is 24.0. The van der Waals surface area contributed by atoms with Crippen molar-refractivity contribution in [3.05, 3.63) is 185 Å². The number of aliphatic hydroxyl groups is 2. The Bertz CT molecular complexity index is 4050. The van der Waals surface area contributed by atoms with Crippen molar-refractivity contribution in [3.8, 4) is 0 Å². The minimum Gasteiger partial charge on any atom is -0.455 e. The topological polar surface area (TPSA) is 399 Å². The quantitative estimate of drug-likeness (QED) is 0.0129. The van der Waals surface area contributed by atoms with Crippen molar-refractivity contribution in [2.24, 2.45) is 28.2 Å². The number of nitrogens with two attached hydrogens (primary N) is 2. The van der Waals surface area contributed by atoms with Crippen molar-refractivity contribution in [1.82, 2.24) is 25.8 Å². The van der Waals surface area contributed by atoms with Crippen LogP contribution in [0, 0.1) is 16.7 Å². The van der Waals surface area contributed by atoms with Gasteiger partial charge in [-0.15, -0.1) is 0 Å². The lowest BCUT2D eigenvalue weighted by Crippen LogP contribution is -2.82. The van der Waals surface area contributed by atoms with E-state index in [2.05, 4.69) is 21.3 Å². The Balaban J connectivity index is 0.954. The molecule has 5 aromatic carbocycles. The van der Waals surface area contributed by atoms with E-state index in [1.807, 2.05) is 18.2 Å². The first-order chi connectivity index (χ1) is 50.3. The number of fused-ring (bicyclic) bond motifs is 5. The van der Waals surface area contributed by atoms with Crippen molar-refractivity contribution in [2.75, 3.05) is 45.7 Å². The van der Waals surface area contributed by atoms with E-state index >= 15 is 9.59 Å². The maximum atomic E-state index is 16.0. The van der Waals surface area contributed by atoms with Gasteiger partial charge in [-0.1, -0.05) is 123 Å². The zero-order valence-corrected chi connectivity index (χ0v) is 60.8. The van der Waals surface area contributed by atoms with E-state index in [9.17, 15) is 53.4 Å². The molecule has 28 heteroatoms. The summed E-state index contributed by atoms with van der Waals surface area (Å²) in [6.07, 6.45) is -12.0. The van der Waals surface area contributed by atoms with Crippen LogP contribution in [0.4, 0.5) is 15.3 Å². The van der Waals surface area contributed by atoms with Crippen molar-refractivity contribution in [3.63, 3.8) is 0 Å². The predicted octanol–water partition coefficient (Wildman–Crippen LogP) is 5.71. The molecule has 1 heterocycles. The second-order valence-corrected chi connectivity index (χ2v) is 28.2. The molecule has 3 fully saturated rings. The molecule has 4 aliphatic rings. The van der Waals surface area contributed by atoms with Crippen LogP contribution in [0.5, 0.6) is 0 Å². The second-order valence-electron chi connectivity index (χ2n) is 28.2. The first kappa shape index (κ1) is 79.7. The lowest BCUT2D eigenvalue weighted by molar-refractivity contribution is -0.346. The molecule has 14 atom stereocenters. The van der Waals surface area contributed by atoms with E-state index in [-0.39, 0.29) is 66.8 Å². The Labute approximate surface area is 614 Å². The number of amides is 6. The van der Waals surface area contributed by atoms with Crippen LogP contribution in [-0.4, -0.2) is 192 Å². The number of carbonyl (C=O) groups is 11. The van der Waals surface area contributed by atoms with Crippen LogP contribution in [0.25, 0.3) is 0 Å². The summed E-state index contributed by atoms with van der Waals surface area (Å²) in [7, 11) is 2.74. The number of esters is 4. The summed E-state index contributed by atoms with van der Waals surface area (Å²) in [5.74, 6) is -9.13. The van der Waals surface area contributed by atoms with E-state index in [0.29, 0.717) is 30.6 Å². The van der Waals surface area contributed by atoms with Crippen molar-refractivity contribution >= 4 is 71.2 Å². The van der Waals surface area contributed by atoms with Crippen LogP contribution in [-0.2, 0) is 79.7 Å². The predicted molar refractivity (Wildman–Crippen MR) is 383 cm³/mol. The standard InChI is InChI=1S/C78H94N8O20/c1-45-57(42-78(99)66(105-71(95)53-30-20-13-21-31-53)64-76(7,58(89)41-59-77(64,44-101-59)106-48(4)88)65(90)62(102-47(3)87)60(45)75(78,5)6)103-72(96)63(61(51-26-16-11-17-27-51)84-68(92)52-28-18-12-19-29-52)104-74(98)86(9)39-38-85(8)73(97)100-43-50-33-35-54(36-34-50)81-69(93)55(32-22-23-37-79)82-70(94)56(83-67(91)46(2)80)40-49-24-14-10-15-25-49/h10-21,24-31,33-36,46,55-59,61-64,66,89,99H,22-23,32,37-44,79-80H2,1-9H3,(H,81,93)(H,82,94)(H,83,91)(H,84,92)/t46-,55+,56+,57+,58+,59-,61+,62-,63-,64+,66+,76-,77+,78-/m1/s1. The number of carbonyl (C=O) groups excluding carboxylic acids is 11. The van der Waals surface area contributed by atoms with Gasteiger partial charge in [0.1, 0.15) is 48.6 Å². The van der Waals surface area contributed by atoms with Gasteiger partial charge < -0.3 is 85.9 Å².